The number of nitrogens with zero attached hydrogens (tertiary/aromatic N) is 1. The smallest absolute Gasteiger partial charge is 0.0995 e. The van der Waals surface area contributed by atoms with Gasteiger partial charge in [-0.15, -0.1) is 0 Å². The summed E-state index contributed by atoms with van der Waals surface area (Å²) < 4.78 is 0. The van der Waals surface area contributed by atoms with E-state index >= 15 is 0 Å². The van der Waals surface area contributed by atoms with E-state index in [1.807, 2.05) is 0 Å². The van der Waals surface area contributed by atoms with Crippen LogP contribution in [0.3, 0.4) is 0 Å². The Labute approximate surface area is 99.9 Å². The van der Waals surface area contributed by atoms with Crippen LogP contribution < -0.4 is 5.32 Å². The highest BCUT2D eigenvalue weighted by molar-refractivity contribution is 5.37. The maximum Gasteiger partial charge on any atom is 0.0995 e. The first kappa shape index (κ1) is 13.6. The third kappa shape index (κ3) is 3.25. The van der Waals surface area contributed by atoms with E-state index in [9.17, 15) is 0 Å². The summed E-state index contributed by atoms with van der Waals surface area (Å²) in [5.41, 5.74) is 0.167. The van der Waals surface area contributed by atoms with Gasteiger partial charge in [-0.2, -0.15) is 5.26 Å². The summed E-state index contributed by atoms with van der Waals surface area (Å²) in [6.07, 6.45) is 0. The Bertz CT molecular complexity index is 389. The van der Waals surface area contributed by atoms with Crippen molar-refractivity contribution in [2.75, 3.05) is 19.8 Å². The van der Waals surface area contributed by atoms with E-state index < -0.39 is 5.54 Å². The molecule has 0 aromatic heterocycles. The predicted octanol–water partition coefficient (Wildman–Crippen LogP) is -0.636. The highest BCUT2D eigenvalue weighted by atomic mass is 16.3. The van der Waals surface area contributed by atoms with Crippen molar-refractivity contribution in [3.05, 3.63) is 35.4 Å². The summed E-state index contributed by atoms with van der Waals surface area (Å²) in [5, 5.41) is 39.2. The van der Waals surface area contributed by atoms with Gasteiger partial charge in [0.2, 0.25) is 0 Å². The van der Waals surface area contributed by atoms with Gasteiger partial charge >= 0.3 is 0 Å². The molecule has 0 fully saturated rings. The standard InChI is InChI=1S/C12H16N2O3/c13-5-10-3-1-2-4-11(10)6-14-12(7-15,8-16)9-17/h1-4,14-17H,6-9H2. The third-order valence-corrected chi connectivity index (χ3v) is 2.70. The molecule has 0 atom stereocenters. The second kappa shape index (κ2) is 6.33. The highest BCUT2D eigenvalue weighted by Gasteiger charge is 2.27. The molecule has 0 aliphatic carbocycles. The molecule has 5 nitrogen and oxygen atoms in total. The molecule has 0 saturated heterocycles. The van der Waals surface area contributed by atoms with E-state index in [1.54, 1.807) is 24.3 Å². The lowest BCUT2D eigenvalue weighted by atomic mass is 10.0. The molecule has 1 rings (SSSR count). The van der Waals surface area contributed by atoms with Crippen molar-refractivity contribution in [2.24, 2.45) is 0 Å². The molecule has 0 radical (unpaired) electrons. The summed E-state index contributed by atoms with van der Waals surface area (Å²) >= 11 is 0. The first-order chi connectivity index (χ1) is 8.21. The van der Waals surface area contributed by atoms with Gasteiger partial charge < -0.3 is 20.6 Å². The molecule has 17 heavy (non-hydrogen) atoms. The van der Waals surface area contributed by atoms with Gasteiger partial charge in [0.25, 0.3) is 0 Å². The molecule has 0 bridgehead atoms. The molecule has 0 amide bonds. The van der Waals surface area contributed by atoms with E-state index in [4.69, 9.17) is 20.6 Å². The molecule has 0 aliphatic heterocycles. The largest absolute Gasteiger partial charge is 0.394 e. The molecule has 5 heteroatoms. The van der Waals surface area contributed by atoms with Gasteiger partial charge in [-0.3, -0.25) is 0 Å². The number of aliphatic hydroxyl groups excluding tert-OH is 3. The van der Waals surface area contributed by atoms with Crippen LogP contribution >= 0.6 is 0 Å². The van der Waals surface area contributed by atoms with Crippen LogP contribution in [0.4, 0.5) is 0 Å². The first-order valence-corrected chi connectivity index (χ1v) is 5.27. The fourth-order valence-corrected chi connectivity index (χ4v) is 1.38. The van der Waals surface area contributed by atoms with Crippen LogP contribution in [-0.4, -0.2) is 40.7 Å². The van der Waals surface area contributed by atoms with Crippen molar-refractivity contribution in [3.63, 3.8) is 0 Å². The lowest BCUT2D eigenvalue weighted by molar-refractivity contribution is 0.0413. The van der Waals surface area contributed by atoms with Gasteiger partial charge in [0, 0.05) is 6.54 Å². The Kier molecular flexibility index (Phi) is 5.07. The van der Waals surface area contributed by atoms with Crippen LogP contribution in [0, 0.1) is 11.3 Å². The number of hydrogen-bond donors (Lipinski definition) is 4. The lowest BCUT2D eigenvalue weighted by Crippen LogP contribution is -2.54. The van der Waals surface area contributed by atoms with Crippen LogP contribution in [0.5, 0.6) is 0 Å². The zero-order valence-corrected chi connectivity index (χ0v) is 9.43. The summed E-state index contributed by atoms with van der Waals surface area (Å²) in [6.45, 7) is -0.844. The monoisotopic (exact) mass is 236 g/mol. The predicted molar refractivity (Wildman–Crippen MR) is 62.0 cm³/mol. The number of nitriles is 1. The fraction of sp³-hybridized carbons (Fsp3) is 0.417. The van der Waals surface area contributed by atoms with Crippen LogP contribution in [0.15, 0.2) is 24.3 Å². The molecular weight excluding hydrogens is 220 g/mol. The Balaban J connectivity index is 2.76. The van der Waals surface area contributed by atoms with Crippen LogP contribution in [0.25, 0.3) is 0 Å². The van der Waals surface area contributed by atoms with Crippen molar-refractivity contribution in [1.29, 1.82) is 5.26 Å². The average Bonchev–Trinajstić information content (AvgIpc) is 2.41. The number of nitrogens with one attached hydrogen (secondary N) is 1. The molecule has 0 saturated carbocycles. The Hall–Kier alpha value is -1.45. The number of hydrogen-bond acceptors (Lipinski definition) is 5. The minimum absolute atomic E-state index is 0.297. The van der Waals surface area contributed by atoms with Crippen molar-refractivity contribution < 1.29 is 15.3 Å². The van der Waals surface area contributed by atoms with Crippen molar-refractivity contribution >= 4 is 0 Å². The van der Waals surface area contributed by atoms with E-state index in [1.165, 1.54) is 0 Å². The first-order valence-electron chi connectivity index (χ1n) is 5.27. The SMILES string of the molecule is N#Cc1ccccc1CNC(CO)(CO)CO. The molecule has 0 heterocycles. The van der Waals surface area contributed by atoms with E-state index in [0.717, 1.165) is 5.56 Å². The molecule has 4 N–H and O–H groups in total. The maximum atomic E-state index is 9.13. The Morgan fingerprint density at radius 3 is 2.24 bits per heavy atom. The second-order valence-corrected chi connectivity index (χ2v) is 3.88. The average molecular weight is 236 g/mol. The zero-order chi connectivity index (χ0) is 12.7. The van der Waals surface area contributed by atoms with Gasteiger partial charge in [-0.05, 0) is 11.6 Å². The van der Waals surface area contributed by atoms with E-state index in [-0.39, 0.29) is 19.8 Å². The zero-order valence-electron chi connectivity index (χ0n) is 9.43. The normalized spacial score (nSPS) is 11.2. The molecule has 0 aliphatic rings. The van der Waals surface area contributed by atoms with Crippen LogP contribution in [0.2, 0.25) is 0 Å². The molecule has 0 unspecified atom stereocenters. The van der Waals surface area contributed by atoms with Crippen molar-refractivity contribution in [2.45, 2.75) is 12.1 Å². The summed E-state index contributed by atoms with van der Waals surface area (Å²) in [6, 6.07) is 9.09. The van der Waals surface area contributed by atoms with Crippen LogP contribution in [-0.2, 0) is 6.54 Å². The van der Waals surface area contributed by atoms with Gasteiger partial charge in [-0.25, -0.2) is 0 Å². The van der Waals surface area contributed by atoms with Gasteiger partial charge in [-0.1, -0.05) is 18.2 Å². The van der Waals surface area contributed by atoms with Gasteiger partial charge in [0.1, 0.15) is 0 Å². The Morgan fingerprint density at radius 2 is 1.71 bits per heavy atom. The van der Waals surface area contributed by atoms with Gasteiger partial charge in [0.15, 0.2) is 0 Å². The minimum atomic E-state index is -1.12. The lowest BCUT2D eigenvalue weighted by Gasteiger charge is -2.29. The van der Waals surface area contributed by atoms with E-state index in [2.05, 4.69) is 11.4 Å². The summed E-state index contributed by atoms with van der Waals surface area (Å²) in [7, 11) is 0. The highest BCUT2D eigenvalue weighted by Crippen LogP contribution is 2.09. The maximum absolute atomic E-state index is 9.13. The quantitative estimate of drug-likeness (QED) is 0.527. The minimum Gasteiger partial charge on any atom is -0.394 e. The molecule has 1 aromatic carbocycles. The van der Waals surface area contributed by atoms with Crippen molar-refractivity contribution in [3.8, 4) is 6.07 Å². The molecule has 0 spiro atoms. The van der Waals surface area contributed by atoms with Gasteiger partial charge in [0.05, 0.1) is 37.0 Å². The van der Waals surface area contributed by atoms with E-state index in [0.29, 0.717) is 12.1 Å². The number of benzene rings is 1. The third-order valence-electron chi connectivity index (χ3n) is 2.70. The number of aliphatic hydroxyl groups is 3. The number of rotatable bonds is 6. The molecular formula is C12H16N2O3. The fourth-order valence-electron chi connectivity index (χ4n) is 1.38. The molecule has 1 aromatic rings. The Morgan fingerprint density at radius 1 is 1.12 bits per heavy atom. The summed E-state index contributed by atoms with van der Waals surface area (Å²) in [5.74, 6) is 0. The van der Waals surface area contributed by atoms with Crippen LogP contribution in [0.1, 0.15) is 11.1 Å². The second-order valence-electron chi connectivity index (χ2n) is 3.88. The topological polar surface area (TPSA) is 96.5 Å². The summed E-state index contributed by atoms with van der Waals surface area (Å²) in [4.78, 5) is 0. The van der Waals surface area contributed by atoms with Crippen molar-refractivity contribution in [1.82, 2.24) is 5.32 Å². The molecule has 92 valence electrons.